The first-order valence-electron chi connectivity index (χ1n) is 7.00. The smallest absolute Gasteiger partial charge is 0.129 e. The summed E-state index contributed by atoms with van der Waals surface area (Å²) in [7, 11) is 0. The zero-order chi connectivity index (χ0) is 14.0. The molecule has 0 aromatic heterocycles. The lowest BCUT2D eigenvalue weighted by atomic mass is 9.71. The van der Waals surface area contributed by atoms with Gasteiger partial charge in [-0.15, -0.1) is 0 Å². The molecule has 1 nitrogen and oxygen atoms in total. The van der Waals surface area contributed by atoms with Crippen LogP contribution in [0.1, 0.15) is 45.1 Å². The van der Waals surface area contributed by atoms with E-state index in [1.54, 1.807) is 0 Å². The maximum atomic E-state index is 13.5. The zero-order valence-electron chi connectivity index (χ0n) is 11.6. The summed E-state index contributed by atoms with van der Waals surface area (Å²) in [6.45, 7) is 4.46. The van der Waals surface area contributed by atoms with Gasteiger partial charge in [-0.2, -0.15) is 0 Å². The van der Waals surface area contributed by atoms with Crippen LogP contribution in [0.5, 0.6) is 0 Å². The predicted molar refractivity (Wildman–Crippen MR) is 71.8 cm³/mol. The highest BCUT2D eigenvalue weighted by molar-refractivity contribution is 5.20. The van der Waals surface area contributed by atoms with E-state index >= 15 is 0 Å². The Labute approximate surface area is 113 Å². The van der Waals surface area contributed by atoms with Crippen molar-refractivity contribution in [2.75, 3.05) is 0 Å². The van der Waals surface area contributed by atoms with Crippen molar-refractivity contribution >= 4 is 0 Å². The molecule has 1 atom stereocenters. The van der Waals surface area contributed by atoms with Gasteiger partial charge < -0.3 is 5.11 Å². The molecule has 1 fully saturated rings. The lowest BCUT2D eigenvalue weighted by Crippen LogP contribution is -2.30. The molecule has 0 amide bonds. The van der Waals surface area contributed by atoms with E-state index in [0.29, 0.717) is 5.41 Å². The first-order chi connectivity index (χ1) is 8.89. The molecule has 1 aliphatic rings. The molecule has 1 aromatic carbocycles. The number of benzene rings is 1. The Hall–Kier alpha value is -0.960. The molecule has 0 spiro atoms. The largest absolute Gasteiger partial charge is 0.392 e. The molecule has 19 heavy (non-hydrogen) atoms. The summed E-state index contributed by atoms with van der Waals surface area (Å²) in [6.07, 6.45) is 3.42. The minimum atomic E-state index is -0.650. The fourth-order valence-corrected chi connectivity index (χ4v) is 2.91. The minimum Gasteiger partial charge on any atom is -0.392 e. The van der Waals surface area contributed by atoms with E-state index in [9.17, 15) is 13.9 Å². The Morgan fingerprint density at radius 1 is 1.21 bits per heavy atom. The number of aliphatic hydroxyl groups is 1. The van der Waals surface area contributed by atoms with Crippen LogP contribution in [0.25, 0.3) is 0 Å². The van der Waals surface area contributed by atoms with E-state index in [0.717, 1.165) is 25.7 Å². The molecule has 1 aliphatic carbocycles. The third kappa shape index (κ3) is 3.53. The van der Waals surface area contributed by atoms with Gasteiger partial charge in [0.1, 0.15) is 11.6 Å². The summed E-state index contributed by atoms with van der Waals surface area (Å²) in [5, 5.41) is 10.2. The molecular weight excluding hydrogens is 246 g/mol. The molecule has 0 heterocycles. The van der Waals surface area contributed by atoms with Crippen molar-refractivity contribution in [1.29, 1.82) is 0 Å². The molecule has 0 saturated heterocycles. The second-order valence-electron chi connectivity index (χ2n) is 6.47. The maximum absolute atomic E-state index is 13.5. The Balaban J connectivity index is 2.00. The van der Waals surface area contributed by atoms with Crippen LogP contribution in [0.2, 0.25) is 0 Å². The van der Waals surface area contributed by atoms with Crippen LogP contribution < -0.4 is 0 Å². The highest BCUT2D eigenvalue weighted by atomic mass is 19.1. The van der Waals surface area contributed by atoms with Crippen LogP contribution in [-0.4, -0.2) is 11.2 Å². The van der Waals surface area contributed by atoms with Crippen molar-refractivity contribution in [2.45, 2.75) is 52.1 Å². The van der Waals surface area contributed by atoms with Gasteiger partial charge in [-0.05, 0) is 49.1 Å². The molecule has 2 rings (SSSR count). The Kier molecular flexibility index (Phi) is 4.24. The molecule has 1 aromatic rings. The second kappa shape index (κ2) is 5.58. The maximum Gasteiger partial charge on any atom is 0.129 e. The Bertz CT molecular complexity index is 412. The third-order valence-corrected chi connectivity index (χ3v) is 4.40. The molecule has 0 radical (unpaired) electrons. The number of hydrogen-bond donors (Lipinski definition) is 1. The summed E-state index contributed by atoms with van der Waals surface area (Å²) in [5.74, 6) is -0.961. The van der Waals surface area contributed by atoms with Crippen molar-refractivity contribution in [3.8, 4) is 0 Å². The molecule has 106 valence electrons. The fourth-order valence-electron chi connectivity index (χ4n) is 2.91. The van der Waals surface area contributed by atoms with Crippen molar-refractivity contribution in [3.05, 3.63) is 35.4 Å². The Morgan fingerprint density at radius 2 is 1.74 bits per heavy atom. The van der Waals surface area contributed by atoms with E-state index < -0.39 is 17.7 Å². The van der Waals surface area contributed by atoms with Crippen LogP contribution in [0.4, 0.5) is 8.78 Å². The zero-order valence-corrected chi connectivity index (χ0v) is 11.6. The number of aliphatic hydroxyl groups excluding tert-OH is 1. The average Bonchev–Trinajstić information content (AvgIpc) is 2.33. The number of hydrogen-bond acceptors (Lipinski definition) is 1. The highest BCUT2D eigenvalue weighted by Gasteiger charge is 2.31. The molecule has 0 aliphatic heterocycles. The molecule has 3 heteroatoms. The van der Waals surface area contributed by atoms with Gasteiger partial charge in [-0.3, -0.25) is 0 Å². The van der Waals surface area contributed by atoms with Gasteiger partial charge in [-0.1, -0.05) is 19.9 Å². The average molecular weight is 268 g/mol. The van der Waals surface area contributed by atoms with E-state index in [1.165, 1.54) is 18.2 Å². The summed E-state index contributed by atoms with van der Waals surface area (Å²) in [6, 6.07) is 3.84. The van der Waals surface area contributed by atoms with Crippen molar-refractivity contribution in [3.63, 3.8) is 0 Å². The standard InChI is InChI=1S/C16H22F2O/c1-16(2)8-6-11(7-9-16)15(19)10-12-13(17)4-3-5-14(12)18/h3-5,11,15,19H,6-10H2,1-2H3. The van der Waals surface area contributed by atoms with Gasteiger partial charge in [0.2, 0.25) is 0 Å². The molecule has 1 unspecified atom stereocenters. The van der Waals surface area contributed by atoms with Crippen molar-refractivity contribution in [2.24, 2.45) is 11.3 Å². The summed E-state index contributed by atoms with van der Waals surface area (Å²) in [4.78, 5) is 0. The van der Waals surface area contributed by atoms with Crippen LogP contribution in [-0.2, 0) is 6.42 Å². The topological polar surface area (TPSA) is 20.2 Å². The number of halogens is 2. The highest BCUT2D eigenvalue weighted by Crippen LogP contribution is 2.39. The predicted octanol–water partition coefficient (Wildman–Crippen LogP) is 4.08. The van der Waals surface area contributed by atoms with Crippen LogP contribution in [0.15, 0.2) is 18.2 Å². The summed E-state index contributed by atoms with van der Waals surface area (Å²) < 4.78 is 27.1. The van der Waals surface area contributed by atoms with E-state index in [-0.39, 0.29) is 17.9 Å². The lowest BCUT2D eigenvalue weighted by Gasteiger charge is -2.36. The Morgan fingerprint density at radius 3 is 2.26 bits per heavy atom. The fraction of sp³-hybridized carbons (Fsp3) is 0.625. The van der Waals surface area contributed by atoms with Gasteiger partial charge in [0, 0.05) is 12.0 Å². The molecular formula is C16H22F2O. The first-order valence-corrected chi connectivity index (χ1v) is 7.00. The summed E-state index contributed by atoms with van der Waals surface area (Å²) in [5.41, 5.74) is 0.347. The van der Waals surface area contributed by atoms with Gasteiger partial charge in [0.25, 0.3) is 0 Å². The van der Waals surface area contributed by atoms with Gasteiger partial charge in [0.05, 0.1) is 6.10 Å². The quantitative estimate of drug-likeness (QED) is 0.875. The van der Waals surface area contributed by atoms with E-state index in [1.807, 2.05) is 0 Å². The van der Waals surface area contributed by atoms with Crippen LogP contribution in [0, 0.1) is 23.0 Å². The minimum absolute atomic E-state index is 0.0137. The monoisotopic (exact) mass is 268 g/mol. The molecule has 0 bridgehead atoms. The van der Waals surface area contributed by atoms with Gasteiger partial charge in [-0.25, -0.2) is 8.78 Å². The normalized spacial score (nSPS) is 21.3. The third-order valence-electron chi connectivity index (χ3n) is 4.40. The molecule has 1 saturated carbocycles. The van der Waals surface area contributed by atoms with Crippen LogP contribution in [0.3, 0.4) is 0 Å². The second-order valence-corrected chi connectivity index (χ2v) is 6.47. The SMILES string of the molecule is CC1(C)CCC(C(O)Cc2c(F)cccc2F)CC1. The van der Waals surface area contributed by atoms with E-state index in [4.69, 9.17) is 0 Å². The lowest BCUT2D eigenvalue weighted by molar-refractivity contribution is 0.0564. The number of rotatable bonds is 3. The first kappa shape index (κ1) is 14.4. The van der Waals surface area contributed by atoms with Gasteiger partial charge in [0.15, 0.2) is 0 Å². The van der Waals surface area contributed by atoms with Crippen molar-refractivity contribution in [1.82, 2.24) is 0 Å². The summed E-state index contributed by atoms with van der Waals surface area (Å²) >= 11 is 0. The van der Waals surface area contributed by atoms with Crippen molar-refractivity contribution < 1.29 is 13.9 Å². The van der Waals surface area contributed by atoms with Crippen LogP contribution >= 0.6 is 0 Å². The van der Waals surface area contributed by atoms with Gasteiger partial charge >= 0.3 is 0 Å². The van der Waals surface area contributed by atoms with E-state index in [2.05, 4.69) is 13.8 Å². The molecule has 1 N–H and O–H groups in total.